The highest BCUT2D eigenvalue weighted by molar-refractivity contribution is 14.1. The normalized spacial score (nSPS) is 9.41. The highest BCUT2D eigenvalue weighted by atomic mass is 127. The zero-order valence-electron chi connectivity index (χ0n) is 9.70. The zero-order valence-corrected chi connectivity index (χ0v) is 12.6. The van der Waals surface area contributed by atoms with Crippen molar-refractivity contribution in [2.45, 2.75) is 13.8 Å². The Hall–Kier alpha value is -0.740. The van der Waals surface area contributed by atoms with Crippen LogP contribution in [0, 0.1) is 9.85 Å². The number of aromatic nitrogens is 2. The van der Waals surface area contributed by atoms with Gasteiger partial charge in [-0.1, -0.05) is 17.5 Å². The molecule has 0 radical (unpaired) electrons. The Balaban J connectivity index is 2.87. The summed E-state index contributed by atoms with van der Waals surface area (Å²) in [6.45, 7) is 6.10. The van der Waals surface area contributed by atoms with Crippen molar-refractivity contribution in [2.75, 3.05) is 24.6 Å². The van der Waals surface area contributed by atoms with Gasteiger partial charge in [-0.05, 0) is 17.8 Å². The van der Waals surface area contributed by atoms with Gasteiger partial charge in [0.1, 0.15) is 11.0 Å². The van der Waals surface area contributed by atoms with E-state index in [4.69, 9.17) is 16.3 Å². The molecule has 0 saturated carbocycles. The van der Waals surface area contributed by atoms with Gasteiger partial charge in [0.05, 0.1) is 0 Å². The van der Waals surface area contributed by atoms with Crippen LogP contribution in [0.5, 0.6) is 6.01 Å². The van der Waals surface area contributed by atoms with Crippen molar-refractivity contribution in [1.82, 2.24) is 9.97 Å². The molecular formula is C11H13ClIN3O. The summed E-state index contributed by atoms with van der Waals surface area (Å²) in [5, 5.41) is 0.374. The molecule has 0 unspecified atom stereocenters. The second-order valence-corrected chi connectivity index (χ2v) is 3.99. The summed E-state index contributed by atoms with van der Waals surface area (Å²) < 4.78 is 8.00. The third-order valence-electron chi connectivity index (χ3n) is 2.09. The lowest BCUT2D eigenvalue weighted by atomic mass is 10.4. The average molecular weight is 366 g/mol. The maximum Gasteiger partial charge on any atom is 0.320 e. The molecule has 17 heavy (non-hydrogen) atoms. The highest BCUT2D eigenvalue weighted by Gasteiger charge is 2.08. The Bertz CT molecular complexity index is 426. The number of nitrogens with zero attached hydrogens (tertiary/aromatic N) is 3. The minimum absolute atomic E-state index is 0.263. The summed E-state index contributed by atoms with van der Waals surface area (Å²) in [6.07, 6.45) is 0. The quantitative estimate of drug-likeness (QED) is 0.457. The van der Waals surface area contributed by atoms with E-state index in [9.17, 15) is 0 Å². The van der Waals surface area contributed by atoms with Gasteiger partial charge in [0.25, 0.3) is 0 Å². The summed E-state index contributed by atoms with van der Waals surface area (Å²) in [7, 11) is 0. The molecule has 0 N–H and O–H groups in total. The minimum atomic E-state index is 0.263. The number of rotatable bonds is 5. The first-order chi connectivity index (χ1) is 8.21. The van der Waals surface area contributed by atoms with Crippen molar-refractivity contribution in [2.24, 2.45) is 0 Å². The highest BCUT2D eigenvalue weighted by Crippen LogP contribution is 2.19. The first kappa shape index (κ1) is 14.3. The van der Waals surface area contributed by atoms with E-state index in [2.05, 4.69) is 38.6 Å². The fraction of sp³-hybridized carbons (Fsp3) is 0.455. The monoisotopic (exact) mass is 365 g/mol. The van der Waals surface area contributed by atoms with E-state index in [0.717, 1.165) is 18.9 Å². The van der Waals surface area contributed by atoms with Gasteiger partial charge in [-0.25, -0.2) is 0 Å². The molecule has 0 saturated heterocycles. The zero-order chi connectivity index (χ0) is 12.7. The Labute approximate surface area is 120 Å². The van der Waals surface area contributed by atoms with Crippen molar-refractivity contribution in [3.8, 4) is 15.9 Å². The van der Waals surface area contributed by atoms with Gasteiger partial charge in [-0.15, -0.1) is 0 Å². The lowest BCUT2D eigenvalue weighted by molar-refractivity contribution is 0.340. The number of anilines is 1. The number of halogens is 2. The third kappa shape index (κ3) is 4.56. The first-order valence-electron chi connectivity index (χ1n) is 5.22. The lowest BCUT2D eigenvalue weighted by Crippen LogP contribution is -2.23. The molecule has 0 amide bonds. The van der Waals surface area contributed by atoms with E-state index in [1.807, 2.05) is 22.6 Å². The molecule has 0 spiro atoms. The van der Waals surface area contributed by atoms with E-state index in [-0.39, 0.29) is 12.6 Å². The number of hydrogen-bond acceptors (Lipinski definition) is 4. The summed E-state index contributed by atoms with van der Waals surface area (Å²) >= 11 is 7.88. The summed E-state index contributed by atoms with van der Waals surface area (Å²) in [4.78, 5) is 10.4. The van der Waals surface area contributed by atoms with Crippen LogP contribution in [0.4, 0.5) is 5.82 Å². The average Bonchev–Trinajstić information content (AvgIpc) is 2.30. The van der Waals surface area contributed by atoms with Gasteiger partial charge in [0, 0.05) is 41.7 Å². The van der Waals surface area contributed by atoms with Gasteiger partial charge < -0.3 is 9.64 Å². The maximum absolute atomic E-state index is 5.93. The second kappa shape index (κ2) is 7.56. The lowest BCUT2D eigenvalue weighted by Gasteiger charge is -2.19. The largest absolute Gasteiger partial charge is 0.450 e. The fourth-order valence-corrected chi connectivity index (χ4v) is 1.61. The summed E-state index contributed by atoms with van der Waals surface area (Å²) in [5.74, 6) is 3.54. The van der Waals surface area contributed by atoms with Crippen LogP contribution >= 0.6 is 34.2 Å². The Morgan fingerprint density at radius 1 is 1.41 bits per heavy atom. The van der Waals surface area contributed by atoms with Gasteiger partial charge in [0.2, 0.25) is 0 Å². The third-order valence-corrected chi connectivity index (χ3v) is 2.66. The SMILES string of the molecule is CCN(CC)c1cc(Cl)nc(OCC#CI)n1. The van der Waals surface area contributed by atoms with Gasteiger partial charge >= 0.3 is 6.01 Å². The predicted molar refractivity (Wildman–Crippen MR) is 77.9 cm³/mol. The minimum Gasteiger partial charge on any atom is -0.450 e. The van der Waals surface area contributed by atoms with Crippen LogP contribution in [-0.4, -0.2) is 29.7 Å². The molecule has 1 rings (SSSR count). The van der Waals surface area contributed by atoms with Crippen LogP contribution < -0.4 is 9.64 Å². The molecule has 0 aliphatic carbocycles. The van der Waals surface area contributed by atoms with Crippen molar-refractivity contribution < 1.29 is 4.74 Å². The molecule has 1 aromatic rings. The van der Waals surface area contributed by atoms with Crippen molar-refractivity contribution in [3.05, 3.63) is 11.2 Å². The summed E-state index contributed by atoms with van der Waals surface area (Å²) in [6, 6.07) is 1.99. The molecule has 0 aromatic carbocycles. The predicted octanol–water partition coefficient (Wildman–Crippen LogP) is 2.75. The van der Waals surface area contributed by atoms with Gasteiger partial charge in [0.15, 0.2) is 6.61 Å². The smallest absolute Gasteiger partial charge is 0.320 e. The Morgan fingerprint density at radius 2 is 2.12 bits per heavy atom. The molecule has 1 heterocycles. The fourth-order valence-electron chi connectivity index (χ4n) is 1.29. The molecular weight excluding hydrogens is 352 g/mol. The Morgan fingerprint density at radius 3 is 2.71 bits per heavy atom. The molecule has 6 heteroatoms. The van der Waals surface area contributed by atoms with Crippen LogP contribution in [0.3, 0.4) is 0 Å². The molecule has 0 fully saturated rings. The van der Waals surface area contributed by atoms with Gasteiger partial charge in [-0.2, -0.15) is 9.97 Å². The Kier molecular flexibility index (Phi) is 6.37. The van der Waals surface area contributed by atoms with Crippen LogP contribution in [0.2, 0.25) is 5.15 Å². The van der Waals surface area contributed by atoms with Crippen molar-refractivity contribution in [3.63, 3.8) is 0 Å². The number of ether oxygens (including phenoxy) is 1. The molecule has 0 bridgehead atoms. The second-order valence-electron chi connectivity index (χ2n) is 3.06. The number of hydrogen-bond donors (Lipinski definition) is 0. The van der Waals surface area contributed by atoms with Crippen molar-refractivity contribution >= 4 is 40.0 Å². The summed E-state index contributed by atoms with van der Waals surface area (Å²) in [5.41, 5.74) is 0. The maximum atomic E-state index is 5.93. The molecule has 0 atom stereocenters. The molecule has 92 valence electrons. The van der Waals surface area contributed by atoms with E-state index >= 15 is 0 Å². The van der Waals surface area contributed by atoms with Gasteiger partial charge in [-0.3, -0.25) is 0 Å². The van der Waals surface area contributed by atoms with Crippen LogP contribution in [0.25, 0.3) is 0 Å². The molecule has 0 aliphatic heterocycles. The first-order valence-corrected chi connectivity index (χ1v) is 6.67. The van der Waals surface area contributed by atoms with Crippen molar-refractivity contribution in [1.29, 1.82) is 0 Å². The topological polar surface area (TPSA) is 38.2 Å². The molecule has 0 aliphatic rings. The molecule has 4 nitrogen and oxygen atoms in total. The standard InChI is InChI=1S/C11H13ClIN3O/c1-3-16(4-2)10-8-9(12)14-11(15-10)17-7-5-6-13/h8H,3-4,7H2,1-2H3. The van der Waals surface area contributed by atoms with Crippen LogP contribution in [-0.2, 0) is 0 Å². The van der Waals surface area contributed by atoms with Crippen LogP contribution in [0.1, 0.15) is 13.8 Å². The van der Waals surface area contributed by atoms with E-state index < -0.39 is 0 Å². The van der Waals surface area contributed by atoms with E-state index in [1.165, 1.54) is 0 Å². The van der Waals surface area contributed by atoms with Crippen LogP contribution in [0.15, 0.2) is 6.07 Å². The van der Waals surface area contributed by atoms with E-state index in [1.54, 1.807) is 6.07 Å². The van der Waals surface area contributed by atoms with E-state index in [0.29, 0.717) is 5.15 Å². The molecule has 1 aromatic heterocycles.